The lowest BCUT2D eigenvalue weighted by atomic mass is 10.1. The number of allylic oxidation sites excluding steroid dienone is 2. The number of carbonyl (C=O) groups is 2. The third-order valence-corrected chi connectivity index (χ3v) is 9.90. The van der Waals surface area contributed by atoms with Crippen LogP contribution in [0.1, 0.15) is 32.1 Å². The Labute approximate surface area is 309 Å². The summed E-state index contributed by atoms with van der Waals surface area (Å²) in [5.41, 5.74) is 20.6. The number of hydrogen-bond acceptors (Lipinski definition) is 8. The summed E-state index contributed by atoms with van der Waals surface area (Å²) < 4.78 is 19.6. The fourth-order valence-electron chi connectivity index (χ4n) is 7.49. The smallest absolute Gasteiger partial charge is 0.248 e. The van der Waals surface area contributed by atoms with Crippen LogP contribution in [0.15, 0.2) is 73.1 Å². The van der Waals surface area contributed by atoms with Crippen LogP contribution in [0.5, 0.6) is 11.5 Å². The molecule has 4 N–H and O–H groups in total. The van der Waals surface area contributed by atoms with Gasteiger partial charge in [-0.2, -0.15) is 10.2 Å². The molecule has 14 heteroatoms. The number of nitrogens with zero attached hydrogens (tertiary/aromatic N) is 8. The Morgan fingerprint density at radius 1 is 0.630 bits per heavy atom. The number of aryl methyl sites for hydroxylation is 4. The molecular weight excluding hydrogens is 685 g/mol. The fraction of sp³-hybridized carbons (Fsp3) is 0.200. The van der Waals surface area contributed by atoms with E-state index in [9.17, 15) is 9.59 Å². The van der Waals surface area contributed by atoms with Gasteiger partial charge in [0.25, 0.3) is 0 Å². The standard InChI is InChI=1S/C40H38N10O4/c1-21-11-33(47(3)45-21)29-17-31-27(19-43-29)25-13-23(39(41)51)15-35(53-5)37(25)49(31)9-7-8-10-50-32-18-30(34-12-22(2)46-48(34)4)44-20-28(32)26-14-24(40(42)52)16-36(54-6)38(26)50/h7-8,11-20H,9-10H2,1-6H3,(H2,41,51)(H2,42,52)/b8-7+. The summed E-state index contributed by atoms with van der Waals surface area (Å²) in [5.74, 6) is -0.0574. The maximum absolute atomic E-state index is 12.3. The first-order chi connectivity index (χ1) is 26.0. The number of aromatic nitrogens is 8. The van der Waals surface area contributed by atoms with Gasteiger partial charge < -0.3 is 30.1 Å². The van der Waals surface area contributed by atoms with Crippen molar-refractivity contribution in [3.05, 3.63) is 95.6 Å². The lowest BCUT2D eigenvalue weighted by Crippen LogP contribution is -2.11. The van der Waals surface area contributed by atoms with Crippen LogP contribution in [0, 0.1) is 13.8 Å². The second-order valence-corrected chi connectivity index (χ2v) is 13.3. The first-order valence-corrected chi connectivity index (χ1v) is 17.2. The van der Waals surface area contributed by atoms with Crippen molar-refractivity contribution in [2.75, 3.05) is 14.2 Å². The molecule has 14 nitrogen and oxygen atoms in total. The number of ether oxygens (including phenoxy) is 2. The third-order valence-electron chi connectivity index (χ3n) is 9.90. The molecule has 0 aliphatic rings. The molecule has 272 valence electrons. The number of primary amides is 2. The van der Waals surface area contributed by atoms with Crippen molar-refractivity contribution in [3.63, 3.8) is 0 Å². The summed E-state index contributed by atoms with van der Waals surface area (Å²) in [5, 5.41) is 12.3. The van der Waals surface area contributed by atoms with Gasteiger partial charge in [-0.1, -0.05) is 12.2 Å². The molecule has 2 aromatic carbocycles. The first kappa shape index (κ1) is 34.1. The molecule has 0 atom stereocenters. The molecule has 0 aliphatic carbocycles. The minimum Gasteiger partial charge on any atom is -0.495 e. The molecule has 0 aliphatic heterocycles. The van der Waals surface area contributed by atoms with E-state index in [1.54, 1.807) is 38.5 Å². The van der Waals surface area contributed by atoms with E-state index in [-0.39, 0.29) is 0 Å². The summed E-state index contributed by atoms with van der Waals surface area (Å²) in [6, 6.07) is 15.0. The highest BCUT2D eigenvalue weighted by molar-refractivity contribution is 6.14. The highest BCUT2D eigenvalue weighted by Crippen LogP contribution is 2.39. The van der Waals surface area contributed by atoms with Gasteiger partial charge in [0.2, 0.25) is 11.8 Å². The van der Waals surface area contributed by atoms with E-state index in [1.165, 1.54) is 0 Å². The Balaban J connectivity index is 1.27. The van der Waals surface area contributed by atoms with Gasteiger partial charge in [-0.3, -0.25) is 28.9 Å². The topological polar surface area (TPSA) is 176 Å². The number of nitrogens with two attached hydrogens (primary N) is 2. The number of rotatable bonds is 10. The van der Waals surface area contributed by atoms with Crippen LogP contribution >= 0.6 is 0 Å². The molecule has 0 saturated heterocycles. The highest BCUT2D eigenvalue weighted by atomic mass is 16.5. The monoisotopic (exact) mass is 722 g/mol. The van der Waals surface area contributed by atoms with E-state index in [0.29, 0.717) is 35.7 Å². The summed E-state index contributed by atoms with van der Waals surface area (Å²) in [6.07, 6.45) is 7.81. The molecule has 6 aromatic heterocycles. The molecule has 0 spiro atoms. The largest absolute Gasteiger partial charge is 0.495 e. The molecule has 8 rings (SSSR count). The third kappa shape index (κ3) is 5.50. The molecule has 6 heterocycles. The maximum atomic E-state index is 12.3. The van der Waals surface area contributed by atoms with Gasteiger partial charge in [0.1, 0.15) is 11.5 Å². The fourth-order valence-corrected chi connectivity index (χ4v) is 7.49. The van der Waals surface area contributed by atoms with Crippen molar-refractivity contribution in [3.8, 4) is 34.3 Å². The number of carbonyl (C=O) groups excluding carboxylic acids is 2. The van der Waals surface area contributed by atoms with Gasteiger partial charge in [-0.05, 0) is 62.4 Å². The van der Waals surface area contributed by atoms with E-state index in [4.69, 9.17) is 30.9 Å². The van der Waals surface area contributed by atoms with E-state index in [0.717, 1.165) is 77.8 Å². The predicted octanol–water partition coefficient (Wildman–Crippen LogP) is 5.58. The Hall–Kier alpha value is -6.96. The quantitative estimate of drug-likeness (QED) is 0.172. The normalized spacial score (nSPS) is 11.9. The van der Waals surface area contributed by atoms with Gasteiger partial charge in [0.05, 0.1) is 70.4 Å². The van der Waals surface area contributed by atoms with Crippen LogP contribution in [-0.4, -0.2) is 64.7 Å². The summed E-state index contributed by atoms with van der Waals surface area (Å²) in [7, 11) is 6.94. The van der Waals surface area contributed by atoms with E-state index in [2.05, 4.69) is 31.5 Å². The van der Waals surface area contributed by atoms with E-state index in [1.807, 2.05) is 74.0 Å². The Bertz CT molecular complexity index is 2680. The predicted molar refractivity (Wildman–Crippen MR) is 208 cm³/mol. The molecule has 0 saturated carbocycles. The second-order valence-electron chi connectivity index (χ2n) is 13.3. The molecule has 8 aromatic rings. The Morgan fingerprint density at radius 3 is 1.37 bits per heavy atom. The van der Waals surface area contributed by atoms with E-state index < -0.39 is 11.8 Å². The van der Waals surface area contributed by atoms with Gasteiger partial charge in [-0.25, -0.2) is 0 Å². The van der Waals surface area contributed by atoms with Gasteiger partial charge >= 0.3 is 0 Å². The molecule has 0 fully saturated rings. The molecule has 2 amide bonds. The number of pyridine rings is 2. The highest BCUT2D eigenvalue weighted by Gasteiger charge is 2.21. The number of hydrogen-bond donors (Lipinski definition) is 2. The van der Waals surface area contributed by atoms with Crippen molar-refractivity contribution >= 4 is 55.4 Å². The van der Waals surface area contributed by atoms with Crippen LogP contribution in [0.3, 0.4) is 0 Å². The van der Waals surface area contributed by atoms with Crippen molar-refractivity contribution in [1.29, 1.82) is 0 Å². The summed E-state index contributed by atoms with van der Waals surface area (Å²) in [6.45, 7) is 4.81. The lowest BCUT2D eigenvalue weighted by Gasteiger charge is -2.11. The average Bonchev–Trinajstić information content (AvgIpc) is 3.87. The first-order valence-electron chi connectivity index (χ1n) is 17.2. The van der Waals surface area contributed by atoms with E-state index >= 15 is 0 Å². The number of benzene rings is 2. The lowest BCUT2D eigenvalue weighted by molar-refractivity contribution is 0.0991. The van der Waals surface area contributed by atoms with Gasteiger partial charge in [0.15, 0.2) is 0 Å². The van der Waals surface area contributed by atoms with Crippen LogP contribution in [-0.2, 0) is 27.2 Å². The summed E-state index contributed by atoms with van der Waals surface area (Å²) in [4.78, 5) is 34.3. The SMILES string of the molecule is COc1cc(C(N)=O)cc2c3cnc(-c4cc(C)nn4C)cc3n(C/C=C/Cn3c4cc(-c5cc(C)nn5C)ncc4c4cc(C(N)=O)cc(OC)c43)c12. The number of fused-ring (bicyclic) bond motifs is 6. The van der Waals surface area contributed by atoms with Crippen molar-refractivity contribution in [2.24, 2.45) is 25.6 Å². The van der Waals surface area contributed by atoms with Crippen LogP contribution in [0.4, 0.5) is 0 Å². The number of amides is 2. The Morgan fingerprint density at radius 2 is 1.04 bits per heavy atom. The van der Waals surface area contributed by atoms with Crippen LogP contribution in [0.25, 0.3) is 66.4 Å². The minimum atomic E-state index is -0.549. The van der Waals surface area contributed by atoms with Gasteiger partial charge in [-0.15, -0.1) is 0 Å². The van der Waals surface area contributed by atoms with Gasteiger partial charge in [0, 0.05) is 72.3 Å². The maximum Gasteiger partial charge on any atom is 0.248 e. The molecular formula is C40H38N10O4. The zero-order valence-electron chi connectivity index (χ0n) is 30.7. The van der Waals surface area contributed by atoms with Crippen LogP contribution < -0.4 is 20.9 Å². The number of methoxy groups -OCH3 is 2. The zero-order chi connectivity index (χ0) is 38.0. The minimum absolute atomic E-state index is 0.343. The zero-order valence-corrected chi connectivity index (χ0v) is 30.7. The van der Waals surface area contributed by atoms with Crippen molar-refractivity contribution < 1.29 is 19.1 Å². The molecule has 0 unspecified atom stereocenters. The molecule has 54 heavy (non-hydrogen) atoms. The molecule has 0 bridgehead atoms. The second kappa shape index (κ2) is 12.9. The van der Waals surface area contributed by atoms with Crippen molar-refractivity contribution in [2.45, 2.75) is 26.9 Å². The van der Waals surface area contributed by atoms with Crippen LogP contribution in [0.2, 0.25) is 0 Å². The summed E-state index contributed by atoms with van der Waals surface area (Å²) >= 11 is 0. The average molecular weight is 723 g/mol. The van der Waals surface area contributed by atoms with Crippen molar-refractivity contribution in [1.82, 2.24) is 38.7 Å². The Kier molecular flexibility index (Phi) is 8.17. The molecule has 0 radical (unpaired) electrons.